The van der Waals surface area contributed by atoms with Gasteiger partial charge in [-0.1, -0.05) is 31.2 Å². The Morgan fingerprint density at radius 1 is 1.13 bits per heavy atom. The fraction of sp³-hybridized carbons (Fsp3) is 0.364. The first-order valence-electron chi connectivity index (χ1n) is 9.86. The van der Waals surface area contributed by atoms with Gasteiger partial charge in [0.15, 0.2) is 0 Å². The number of nitrogens with one attached hydrogen (secondary N) is 1. The fourth-order valence-corrected chi connectivity index (χ4v) is 4.11. The molecule has 0 aliphatic carbocycles. The molecule has 0 saturated carbocycles. The monoisotopic (exact) mass is 449 g/mol. The highest BCUT2D eigenvalue weighted by molar-refractivity contribution is 7.92. The minimum Gasteiger partial charge on any atom is -0.357 e. The Morgan fingerprint density at radius 3 is 2.29 bits per heavy atom. The first-order chi connectivity index (χ1) is 14.6. The lowest BCUT2D eigenvalue weighted by Crippen LogP contribution is -2.51. The molecule has 2 amide bonds. The van der Waals surface area contributed by atoms with Gasteiger partial charge in [-0.3, -0.25) is 13.9 Å². The van der Waals surface area contributed by atoms with Crippen LogP contribution >= 0.6 is 0 Å². The number of halogens is 1. The van der Waals surface area contributed by atoms with Crippen molar-refractivity contribution in [2.45, 2.75) is 32.9 Å². The van der Waals surface area contributed by atoms with Crippen LogP contribution in [0.1, 0.15) is 24.5 Å². The first-order valence-corrected chi connectivity index (χ1v) is 11.7. The minimum absolute atomic E-state index is 0.0382. The average molecular weight is 450 g/mol. The zero-order valence-electron chi connectivity index (χ0n) is 18.1. The molecule has 0 saturated heterocycles. The molecule has 7 nitrogen and oxygen atoms in total. The smallest absolute Gasteiger partial charge is 0.244 e. The number of sulfonamides is 1. The number of aryl methyl sites for hydroxylation is 1. The molecule has 2 aromatic carbocycles. The summed E-state index contributed by atoms with van der Waals surface area (Å²) < 4.78 is 39.2. The molecule has 0 aromatic heterocycles. The van der Waals surface area contributed by atoms with Crippen LogP contribution in [-0.2, 0) is 26.2 Å². The van der Waals surface area contributed by atoms with Crippen molar-refractivity contribution >= 4 is 27.5 Å². The molecule has 2 rings (SSSR count). The molecule has 0 aliphatic heterocycles. The fourth-order valence-electron chi connectivity index (χ4n) is 3.27. The van der Waals surface area contributed by atoms with Crippen LogP contribution in [0.5, 0.6) is 0 Å². The van der Waals surface area contributed by atoms with Crippen molar-refractivity contribution in [2.75, 3.05) is 24.2 Å². The van der Waals surface area contributed by atoms with E-state index in [1.165, 1.54) is 36.2 Å². The molecule has 1 atom stereocenters. The standard InChI is InChI=1S/C22H28FN3O4S/c1-5-20(22(28)24-3)25(14-17-9-11-18(23)12-10-17)21(27)15-26(31(4,29)30)19-8-6-7-16(2)13-19/h6-13,20H,5,14-15H2,1-4H3,(H,24,28)/t20-/m1/s1. The Kier molecular flexibility index (Phi) is 8.15. The van der Waals surface area contributed by atoms with E-state index in [1.807, 2.05) is 13.0 Å². The van der Waals surface area contributed by atoms with E-state index in [2.05, 4.69) is 5.32 Å². The normalized spacial score (nSPS) is 12.2. The van der Waals surface area contributed by atoms with Crippen molar-refractivity contribution in [1.82, 2.24) is 10.2 Å². The number of nitrogens with zero attached hydrogens (tertiary/aromatic N) is 2. The molecule has 0 radical (unpaired) electrons. The number of benzene rings is 2. The second-order valence-electron chi connectivity index (χ2n) is 7.30. The highest BCUT2D eigenvalue weighted by atomic mass is 32.2. The van der Waals surface area contributed by atoms with E-state index in [0.717, 1.165) is 16.1 Å². The van der Waals surface area contributed by atoms with E-state index >= 15 is 0 Å². The van der Waals surface area contributed by atoms with Gasteiger partial charge < -0.3 is 10.2 Å². The van der Waals surface area contributed by atoms with Crippen LogP contribution < -0.4 is 9.62 Å². The molecule has 0 bridgehead atoms. The second-order valence-corrected chi connectivity index (χ2v) is 9.20. The summed E-state index contributed by atoms with van der Waals surface area (Å²) in [5.74, 6) is -1.31. The highest BCUT2D eigenvalue weighted by Gasteiger charge is 2.31. The Labute approximate surface area is 182 Å². The molecule has 0 spiro atoms. The average Bonchev–Trinajstić information content (AvgIpc) is 2.72. The third-order valence-electron chi connectivity index (χ3n) is 4.87. The van der Waals surface area contributed by atoms with E-state index in [9.17, 15) is 22.4 Å². The lowest BCUT2D eigenvalue weighted by molar-refractivity contribution is -0.140. The van der Waals surface area contributed by atoms with Crippen LogP contribution in [0.4, 0.5) is 10.1 Å². The number of amides is 2. The minimum atomic E-state index is -3.76. The molecule has 0 heterocycles. The Hall–Kier alpha value is -2.94. The number of carbonyl (C=O) groups is 2. The number of carbonyl (C=O) groups excluding carboxylic acids is 2. The number of hydrogen-bond acceptors (Lipinski definition) is 4. The quantitative estimate of drug-likeness (QED) is 0.637. The van der Waals surface area contributed by atoms with E-state index < -0.39 is 34.3 Å². The predicted octanol–water partition coefficient (Wildman–Crippen LogP) is 2.45. The number of hydrogen-bond donors (Lipinski definition) is 1. The number of anilines is 1. The molecular formula is C22H28FN3O4S. The maximum atomic E-state index is 13.3. The SMILES string of the molecule is CC[C@H](C(=O)NC)N(Cc1ccc(F)cc1)C(=O)CN(c1cccc(C)c1)S(C)(=O)=O. The topological polar surface area (TPSA) is 86.8 Å². The van der Waals surface area contributed by atoms with Gasteiger partial charge in [0, 0.05) is 13.6 Å². The van der Waals surface area contributed by atoms with Gasteiger partial charge in [-0.25, -0.2) is 12.8 Å². The molecule has 2 aromatic rings. The molecule has 0 fully saturated rings. The maximum Gasteiger partial charge on any atom is 0.244 e. The van der Waals surface area contributed by atoms with E-state index in [1.54, 1.807) is 25.1 Å². The molecule has 0 unspecified atom stereocenters. The molecule has 31 heavy (non-hydrogen) atoms. The van der Waals surface area contributed by atoms with Crippen LogP contribution in [-0.4, -0.2) is 51.0 Å². The van der Waals surface area contributed by atoms with Crippen molar-refractivity contribution in [3.63, 3.8) is 0 Å². The summed E-state index contributed by atoms with van der Waals surface area (Å²) in [6, 6.07) is 11.6. The van der Waals surface area contributed by atoms with Crippen molar-refractivity contribution in [3.05, 3.63) is 65.5 Å². The molecule has 1 N–H and O–H groups in total. The summed E-state index contributed by atoms with van der Waals surface area (Å²) in [7, 11) is -2.29. The van der Waals surface area contributed by atoms with Crippen molar-refractivity contribution in [3.8, 4) is 0 Å². The van der Waals surface area contributed by atoms with Crippen LogP contribution in [0, 0.1) is 12.7 Å². The summed E-state index contributed by atoms with van der Waals surface area (Å²) in [6.07, 6.45) is 1.36. The summed E-state index contributed by atoms with van der Waals surface area (Å²) in [5.41, 5.74) is 1.84. The van der Waals surface area contributed by atoms with Gasteiger partial charge in [0.2, 0.25) is 21.8 Å². The largest absolute Gasteiger partial charge is 0.357 e. The maximum absolute atomic E-state index is 13.3. The van der Waals surface area contributed by atoms with Gasteiger partial charge in [0.1, 0.15) is 18.4 Å². The first kappa shape index (κ1) is 24.3. The van der Waals surface area contributed by atoms with E-state index in [0.29, 0.717) is 17.7 Å². The van der Waals surface area contributed by atoms with Gasteiger partial charge in [-0.05, 0) is 48.7 Å². The zero-order chi connectivity index (χ0) is 23.2. The van der Waals surface area contributed by atoms with Crippen LogP contribution in [0.3, 0.4) is 0 Å². The third kappa shape index (κ3) is 6.52. The summed E-state index contributed by atoms with van der Waals surface area (Å²) in [6.45, 7) is 3.17. The predicted molar refractivity (Wildman–Crippen MR) is 118 cm³/mol. The van der Waals surface area contributed by atoms with Gasteiger partial charge in [0.05, 0.1) is 11.9 Å². The Bertz CT molecular complexity index is 1030. The zero-order valence-corrected chi connectivity index (χ0v) is 18.9. The molecular weight excluding hydrogens is 421 g/mol. The second kappa shape index (κ2) is 10.4. The van der Waals surface area contributed by atoms with Gasteiger partial charge in [-0.2, -0.15) is 0 Å². The third-order valence-corrected chi connectivity index (χ3v) is 6.01. The lowest BCUT2D eigenvalue weighted by Gasteiger charge is -2.32. The lowest BCUT2D eigenvalue weighted by atomic mass is 10.1. The van der Waals surface area contributed by atoms with Crippen LogP contribution in [0.25, 0.3) is 0 Å². The molecule has 168 valence electrons. The van der Waals surface area contributed by atoms with Crippen LogP contribution in [0.2, 0.25) is 0 Å². The Balaban J connectivity index is 2.41. The Morgan fingerprint density at radius 2 is 1.77 bits per heavy atom. The van der Waals surface area contributed by atoms with Crippen molar-refractivity contribution < 1.29 is 22.4 Å². The van der Waals surface area contributed by atoms with E-state index in [-0.39, 0.29) is 12.5 Å². The number of likely N-dealkylation sites (N-methyl/N-ethyl adjacent to an activating group) is 1. The summed E-state index contributed by atoms with van der Waals surface area (Å²) in [5, 5.41) is 2.54. The number of rotatable bonds is 9. The molecule has 0 aliphatic rings. The van der Waals surface area contributed by atoms with Crippen LogP contribution in [0.15, 0.2) is 48.5 Å². The molecule has 9 heteroatoms. The summed E-state index contributed by atoms with van der Waals surface area (Å²) in [4.78, 5) is 27.1. The van der Waals surface area contributed by atoms with Gasteiger partial charge in [-0.15, -0.1) is 0 Å². The highest BCUT2D eigenvalue weighted by Crippen LogP contribution is 2.20. The van der Waals surface area contributed by atoms with Gasteiger partial charge >= 0.3 is 0 Å². The van der Waals surface area contributed by atoms with Crippen molar-refractivity contribution in [1.29, 1.82) is 0 Å². The van der Waals surface area contributed by atoms with E-state index in [4.69, 9.17) is 0 Å². The summed E-state index contributed by atoms with van der Waals surface area (Å²) >= 11 is 0. The van der Waals surface area contributed by atoms with Gasteiger partial charge in [0.25, 0.3) is 0 Å². The van der Waals surface area contributed by atoms with Crippen molar-refractivity contribution in [2.24, 2.45) is 0 Å².